The maximum atomic E-state index is 12.6. The average Bonchev–Trinajstić information content (AvgIpc) is 3.12. The van der Waals surface area contributed by atoms with E-state index in [2.05, 4.69) is 50.3 Å². The second-order valence-electron chi connectivity index (χ2n) is 15.9. The van der Waals surface area contributed by atoms with Crippen molar-refractivity contribution in [2.24, 2.45) is 0 Å². The number of carbonyl (C=O) groups is 3. The highest BCUT2D eigenvalue weighted by atomic mass is 16.6. The van der Waals surface area contributed by atoms with Crippen LogP contribution in [0.4, 0.5) is 0 Å². The molecule has 0 aromatic rings. The van der Waals surface area contributed by atoms with Crippen molar-refractivity contribution in [1.29, 1.82) is 0 Å². The molecule has 314 valence electrons. The van der Waals surface area contributed by atoms with Crippen molar-refractivity contribution in [3.63, 3.8) is 0 Å². The summed E-state index contributed by atoms with van der Waals surface area (Å²) in [5.41, 5.74) is 0. The minimum atomic E-state index is -0.875. The maximum absolute atomic E-state index is 12.6. The van der Waals surface area contributed by atoms with E-state index in [1.807, 2.05) is 21.1 Å². The Hall–Kier alpha value is -2.45. The lowest BCUT2D eigenvalue weighted by atomic mass is 10.0. The second-order valence-corrected chi connectivity index (χ2v) is 15.9. The van der Waals surface area contributed by atoms with E-state index in [0.717, 1.165) is 57.8 Å². The Labute approximate surface area is 332 Å². The first-order chi connectivity index (χ1) is 26.1. The van der Waals surface area contributed by atoms with Crippen molar-refractivity contribution in [2.45, 2.75) is 199 Å². The van der Waals surface area contributed by atoms with Gasteiger partial charge in [-0.05, 0) is 44.9 Å². The smallest absolute Gasteiger partial charge is 0.362 e. The van der Waals surface area contributed by atoms with Gasteiger partial charge < -0.3 is 23.8 Å². The van der Waals surface area contributed by atoms with Gasteiger partial charge in [0.25, 0.3) is 0 Å². The van der Waals surface area contributed by atoms with Crippen LogP contribution >= 0.6 is 0 Å². The molecule has 0 aliphatic rings. The number of quaternary nitrogens is 1. The number of carboxylic acids is 1. The Bertz CT molecular complexity index is 984. The molecule has 0 aliphatic carbocycles. The van der Waals surface area contributed by atoms with Gasteiger partial charge in [-0.2, -0.15) is 0 Å². The lowest BCUT2D eigenvalue weighted by Gasteiger charge is -2.31. The summed E-state index contributed by atoms with van der Waals surface area (Å²) in [6.07, 6.45) is 42.1. The van der Waals surface area contributed by atoms with Gasteiger partial charge in [-0.15, -0.1) is 0 Å². The van der Waals surface area contributed by atoms with Crippen molar-refractivity contribution >= 4 is 17.9 Å². The second kappa shape index (κ2) is 37.5. The van der Waals surface area contributed by atoms with E-state index in [9.17, 15) is 19.5 Å². The summed E-state index contributed by atoms with van der Waals surface area (Å²) in [5, 5.41) is 9.58. The predicted octanol–water partition coefficient (Wildman–Crippen LogP) is 11.9. The number of rotatable bonds is 39. The van der Waals surface area contributed by atoms with Gasteiger partial charge in [0.1, 0.15) is 6.61 Å². The summed E-state index contributed by atoms with van der Waals surface area (Å²) in [6.45, 7) is 4.59. The molecule has 0 saturated heterocycles. The number of carbonyl (C=O) groups excluding carboxylic acids is 2. The van der Waals surface area contributed by atoms with Gasteiger partial charge in [0.15, 0.2) is 12.1 Å². The molecule has 0 aliphatic heterocycles. The molecule has 0 amide bonds. The van der Waals surface area contributed by atoms with Crippen molar-refractivity contribution in [1.82, 2.24) is 0 Å². The topological polar surface area (TPSA) is 99.1 Å². The molecule has 8 heteroatoms. The number of carboxylic acid groups (broad SMARTS) is 1. The van der Waals surface area contributed by atoms with Crippen molar-refractivity contribution in [2.75, 3.05) is 41.0 Å². The molecule has 0 bridgehead atoms. The molecule has 0 aromatic carbocycles. The summed E-state index contributed by atoms with van der Waals surface area (Å²) in [5.74, 6) is -1.47. The first-order valence-corrected chi connectivity index (χ1v) is 22.0. The number of hydrogen-bond acceptors (Lipinski definition) is 6. The van der Waals surface area contributed by atoms with Crippen LogP contribution in [0.5, 0.6) is 0 Å². The Balaban J connectivity index is 4.09. The molecule has 2 atom stereocenters. The minimum absolute atomic E-state index is 0.0492. The number of hydrogen-bond donors (Lipinski definition) is 1. The van der Waals surface area contributed by atoms with E-state index in [-0.39, 0.29) is 36.2 Å². The van der Waals surface area contributed by atoms with Crippen LogP contribution < -0.4 is 0 Å². The summed E-state index contributed by atoms with van der Waals surface area (Å²) < 4.78 is 17.2. The SMILES string of the molecule is CC/C=C/C/C=C/C/C=C/CCCCCCCCCCCCCCCC(=O)OCC(COCCC(C(=O)O)[N+](C)(C)C)OC(=O)CCCCCCCCC. The van der Waals surface area contributed by atoms with E-state index in [4.69, 9.17) is 14.2 Å². The van der Waals surface area contributed by atoms with E-state index in [0.29, 0.717) is 19.3 Å². The van der Waals surface area contributed by atoms with Crippen LogP contribution in [-0.2, 0) is 28.6 Å². The number of unbranched alkanes of at least 4 members (excludes halogenated alkanes) is 19. The van der Waals surface area contributed by atoms with Crippen LogP contribution in [0.25, 0.3) is 0 Å². The fourth-order valence-electron chi connectivity index (χ4n) is 6.40. The van der Waals surface area contributed by atoms with E-state index in [1.54, 1.807) is 0 Å². The fourth-order valence-corrected chi connectivity index (χ4v) is 6.40. The van der Waals surface area contributed by atoms with E-state index >= 15 is 0 Å². The molecule has 0 aromatic heterocycles. The van der Waals surface area contributed by atoms with Gasteiger partial charge in [0.2, 0.25) is 0 Å². The van der Waals surface area contributed by atoms with Gasteiger partial charge in [-0.25, -0.2) is 4.79 Å². The highest BCUT2D eigenvalue weighted by Crippen LogP contribution is 2.15. The Morgan fingerprint density at radius 2 is 1.04 bits per heavy atom. The summed E-state index contributed by atoms with van der Waals surface area (Å²) in [7, 11) is 5.52. The zero-order valence-corrected chi connectivity index (χ0v) is 35.7. The van der Waals surface area contributed by atoms with Crippen LogP contribution in [0, 0.1) is 0 Å². The molecular weight excluding hydrogens is 679 g/mol. The first kappa shape index (κ1) is 51.5. The summed E-state index contributed by atoms with van der Waals surface area (Å²) in [4.78, 5) is 36.8. The first-order valence-electron chi connectivity index (χ1n) is 22.0. The van der Waals surface area contributed by atoms with Gasteiger partial charge in [0.05, 0.1) is 34.4 Å². The number of aliphatic carboxylic acids is 1. The van der Waals surface area contributed by atoms with Gasteiger partial charge >= 0.3 is 17.9 Å². The van der Waals surface area contributed by atoms with Crippen molar-refractivity contribution in [3.8, 4) is 0 Å². The molecule has 0 fully saturated rings. The maximum Gasteiger partial charge on any atom is 0.362 e. The van der Waals surface area contributed by atoms with E-state index in [1.165, 1.54) is 96.3 Å². The van der Waals surface area contributed by atoms with Crippen LogP contribution in [0.2, 0.25) is 0 Å². The monoisotopic (exact) mass is 763 g/mol. The highest BCUT2D eigenvalue weighted by Gasteiger charge is 2.31. The lowest BCUT2D eigenvalue weighted by molar-refractivity contribution is -0.887. The third-order valence-corrected chi connectivity index (χ3v) is 9.80. The van der Waals surface area contributed by atoms with Crippen LogP contribution in [0.1, 0.15) is 187 Å². The van der Waals surface area contributed by atoms with Gasteiger partial charge in [-0.1, -0.05) is 159 Å². The number of likely N-dealkylation sites (N-methyl/N-ethyl adjacent to an activating group) is 1. The zero-order valence-electron chi connectivity index (χ0n) is 35.7. The predicted molar refractivity (Wildman–Crippen MR) is 225 cm³/mol. The van der Waals surface area contributed by atoms with Gasteiger partial charge in [-0.3, -0.25) is 9.59 Å². The fraction of sp³-hybridized carbons (Fsp3) is 0.804. The third-order valence-electron chi connectivity index (χ3n) is 9.80. The lowest BCUT2D eigenvalue weighted by Crippen LogP contribution is -2.50. The van der Waals surface area contributed by atoms with Gasteiger partial charge in [0, 0.05) is 19.3 Å². The quantitative estimate of drug-likeness (QED) is 0.0288. The molecule has 8 nitrogen and oxygen atoms in total. The number of esters is 2. The molecule has 0 saturated carbocycles. The largest absolute Gasteiger partial charge is 0.477 e. The minimum Gasteiger partial charge on any atom is -0.477 e. The van der Waals surface area contributed by atoms with Crippen molar-refractivity contribution in [3.05, 3.63) is 36.5 Å². The molecule has 0 spiro atoms. The molecule has 1 N–H and O–H groups in total. The number of nitrogens with zero attached hydrogens (tertiary/aromatic N) is 1. The normalized spacial score (nSPS) is 13.3. The number of ether oxygens (including phenoxy) is 3. The summed E-state index contributed by atoms with van der Waals surface area (Å²) >= 11 is 0. The zero-order chi connectivity index (χ0) is 40.0. The van der Waals surface area contributed by atoms with Crippen molar-refractivity contribution < 1.29 is 38.2 Å². The van der Waals surface area contributed by atoms with Crippen LogP contribution in [0.15, 0.2) is 36.5 Å². The Kier molecular flexibility index (Phi) is 35.8. The van der Waals surface area contributed by atoms with Crippen LogP contribution in [0.3, 0.4) is 0 Å². The standard InChI is InChI=1S/C46H83NO7/c1-6-8-10-12-14-15-16-17-18-19-20-21-22-23-24-25-26-27-28-29-31-32-34-36-44(48)53-41-42(40-52-39-38-43(46(50)51)47(3,4)5)54-45(49)37-35-33-30-13-11-9-7-2/h8,10,14-15,17-18,42-43H,6-7,9,11-13,16,19-41H2,1-5H3/p+1/b10-8+,15-14+,18-17+. The van der Waals surface area contributed by atoms with Crippen LogP contribution in [-0.4, -0.2) is 80.6 Å². The molecular formula is C46H84NO7+. The molecule has 0 rings (SSSR count). The molecule has 54 heavy (non-hydrogen) atoms. The summed E-state index contributed by atoms with van der Waals surface area (Å²) in [6, 6.07) is -0.610. The highest BCUT2D eigenvalue weighted by molar-refractivity contribution is 5.72. The number of allylic oxidation sites excluding steroid dienone is 6. The molecule has 0 heterocycles. The Morgan fingerprint density at radius 1 is 0.574 bits per heavy atom. The molecule has 0 radical (unpaired) electrons. The Morgan fingerprint density at radius 3 is 1.54 bits per heavy atom. The van der Waals surface area contributed by atoms with E-state index < -0.39 is 18.1 Å². The average molecular weight is 763 g/mol. The third kappa shape index (κ3) is 35.3. The molecule has 2 unspecified atom stereocenters.